The van der Waals surface area contributed by atoms with Gasteiger partial charge in [0.2, 0.25) is 0 Å². The van der Waals surface area contributed by atoms with E-state index in [0.29, 0.717) is 36.0 Å². The molecule has 0 spiro atoms. The zero-order chi connectivity index (χ0) is 28.4. The number of ether oxygens (including phenoxy) is 1. The van der Waals surface area contributed by atoms with E-state index in [1.165, 1.54) is 28.4 Å². The van der Waals surface area contributed by atoms with Crippen LogP contribution < -0.4 is 0 Å². The van der Waals surface area contributed by atoms with E-state index >= 15 is 0 Å². The zero-order valence-electron chi connectivity index (χ0n) is 25.0. The second-order valence-electron chi connectivity index (χ2n) is 14.4. The highest BCUT2D eigenvalue weighted by Crippen LogP contribution is 2.74. The average molecular weight is 639 g/mol. The molecular formula is C33H51IO4. The number of aliphatic carboxylic acids is 1. The summed E-state index contributed by atoms with van der Waals surface area (Å²) in [6, 6.07) is 0. The van der Waals surface area contributed by atoms with Gasteiger partial charge in [-0.15, -0.1) is 0 Å². The Morgan fingerprint density at radius 3 is 2.32 bits per heavy atom. The molecule has 0 radical (unpaired) electrons. The molecule has 0 aromatic carbocycles. The first-order chi connectivity index (χ1) is 17.6. The van der Waals surface area contributed by atoms with Crippen molar-refractivity contribution in [3.63, 3.8) is 0 Å². The van der Waals surface area contributed by atoms with E-state index in [4.69, 9.17) is 4.74 Å². The van der Waals surface area contributed by atoms with Gasteiger partial charge in [-0.2, -0.15) is 0 Å². The maximum Gasteiger partial charge on any atom is 0.331 e. The molecule has 4 rings (SSSR count). The lowest BCUT2D eigenvalue weighted by molar-refractivity contribution is -0.229. The molecule has 2 N–H and O–H groups in total. The van der Waals surface area contributed by atoms with Crippen molar-refractivity contribution in [2.75, 3.05) is 0 Å². The topological polar surface area (TPSA) is 66.8 Å². The Kier molecular flexibility index (Phi) is 8.36. The van der Waals surface area contributed by atoms with Crippen LogP contribution in [-0.2, 0) is 9.53 Å². The smallest absolute Gasteiger partial charge is 0.331 e. The van der Waals surface area contributed by atoms with Crippen LogP contribution in [0.3, 0.4) is 0 Å². The molecule has 0 amide bonds. The van der Waals surface area contributed by atoms with Crippen molar-refractivity contribution in [3.8, 4) is 0 Å². The average Bonchev–Trinajstić information content (AvgIpc) is 3.08. The number of allylic oxidation sites excluding steroid dienone is 3. The fourth-order valence-electron chi connectivity index (χ4n) is 10.0. The summed E-state index contributed by atoms with van der Waals surface area (Å²) in [6.45, 7) is 22.2. The Balaban J connectivity index is 1.83. The van der Waals surface area contributed by atoms with Gasteiger partial charge in [0.05, 0.1) is 11.9 Å². The second-order valence-corrected chi connectivity index (χ2v) is 15.7. The van der Waals surface area contributed by atoms with E-state index in [1.807, 2.05) is 6.92 Å². The number of hydrogen-bond donors (Lipinski definition) is 2. The number of aliphatic hydroxyl groups is 1. The van der Waals surface area contributed by atoms with Crippen LogP contribution in [0, 0.1) is 45.8 Å². The highest BCUT2D eigenvalue weighted by Gasteiger charge is 2.70. The monoisotopic (exact) mass is 638 g/mol. The minimum Gasteiger partial charge on any atom is -0.491 e. The molecular weight excluding hydrogens is 587 g/mol. The van der Waals surface area contributed by atoms with E-state index in [-0.39, 0.29) is 34.2 Å². The molecule has 4 aliphatic rings. The number of hydrogen-bond acceptors (Lipinski definition) is 3. The van der Waals surface area contributed by atoms with Crippen LogP contribution in [0.15, 0.2) is 32.6 Å². The molecule has 0 saturated heterocycles. The Morgan fingerprint density at radius 1 is 1.08 bits per heavy atom. The predicted molar refractivity (Wildman–Crippen MR) is 163 cm³/mol. The van der Waals surface area contributed by atoms with Crippen LogP contribution in [0.1, 0.15) is 107 Å². The summed E-state index contributed by atoms with van der Waals surface area (Å²) in [6.07, 6.45) is 6.59. The predicted octanol–water partition coefficient (Wildman–Crippen LogP) is 8.69. The SMILES string of the molecule is C=C(C)OC1C[C@@]2(C)[C@@H](C[C@@H](O)[C@H]3[C@@]4(C)CC[C@@H](C)[C@H](C)[C@@H]4CC[C@@]32C)/C1=C(\CCC(I)=C(C)C)C(=O)O. The number of aliphatic hydroxyl groups excluding tert-OH is 1. The third-order valence-electron chi connectivity index (χ3n) is 12.2. The first-order valence-corrected chi connectivity index (χ1v) is 15.9. The second kappa shape index (κ2) is 10.5. The third-order valence-corrected chi connectivity index (χ3v) is 13.9. The largest absolute Gasteiger partial charge is 0.491 e. The molecule has 4 aliphatic carbocycles. The maximum absolute atomic E-state index is 12.8. The van der Waals surface area contributed by atoms with Crippen LogP contribution in [-0.4, -0.2) is 28.4 Å². The molecule has 0 aliphatic heterocycles. The summed E-state index contributed by atoms with van der Waals surface area (Å²) in [5, 5.41) is 22.6. The quantitative estimate of drug-likeness (QED) is 0.174. The van der Waals surface area contributed by atoms with E-state index in [2.05, 4.69) is 77.6 Å². The van der Waals surface area contributed by atoms with Gasteiger partial charge in [-0.25, -0.2) is 4.79 Å². The molecule has 4 saturated carbocycles. The van der Waals surface area contributed by atoms with Crippen molar-refractivity contribution in [1.82, 2.24) is 0 Å². The van der Waals surface area contributed by atoms with E-state index in [1.54, 1.807) is 0 Å². The van der Waals surface area contributed by atoms with Crippen LogP contribution >= 0.6 is 22.6 Å². The standard InChI is InChI=1S/C33H51IO4/c1-18(2)25(34)11-10-22(30(36)37)28-24-16-26(35)29-31(7)14-12-20(5)21(6)23(31)13-15-32(29,8)33(24,9)17-27(28)38-19(3)4/h20-21,23-24,26-27,29,35H,3,10-17H2,1-2,4-9H3,(H,36,37)/b28-22-/t20-,21+,23+,24+,26-,27?,29+,31+,32+,33+/m1/s1. The lowest BCUT2D eigenvalue weighted by atomic mass is 9.36. The van der Waals surface area contributed by atoms with E-state index in [9.17, 15) is 15.0 Å². The van der Waals surface area contributed by atoms with E-state index < -0.39 is 12.1 Å². The van der Waals surface area contributed by atoms with Crippen LogP contribution in [0.25, 0.3) is 0 Å². The highest BCUT2D eigenvalue weighted by atomic mass is 127. The fourth-order valence-corrected chi connectivity index (χ4v) is 10.3. The summed E-state index contributed by atoms with van der Waals surface area (Å²) >= 11 is 2.35. The van der Waals surface area contributed by atoms with Crippen molar-refractivity contribution in [2.24, 2.45) is 45.8 Å². The van der Waals surface area contributed by atoms with Crippen LogP contribution in [0.5, 0.6) is 0 Å². The molecule has 5 heteroatoms. The molecule has 0 bridgehead atoms. The summed E-state index contributed by atoms with van der Waals surface area (Å²) in [7, 11) is 0. The van der Waals surface area contributed by atoms with E-state index in [0.717, 1.165) is 30.8 Å². The Morgan fingerprint density at radius 2 is 1.74 bits per heavy atom. The number of carboxylic acids is 1. The molecule has 1 unspecified atom stereocenters. The number of fused-ring (bicyclic) bond motifs is 5. The molecule has 0 aromatic rings. The number of halogens is 1. The zero-order valence-corrected chi connectivity index (χ0v) is 27.2. The van der Waals surface area contributed by atoms with Crippen LogP contribution in [0.2, 0.25) is 0 Å². The van der Waals surface area contributed by atoms with Gasteiger partial charge in [0.1, 0.15) is 6.10 Å². The van der Waals surface area contributed by atoms with Gasteiger partial charge in [-0.3, -0.25) is 0 Å². The summed E-state index contributed by atoms with van der Waals surface area (Å²) < 4.78 is 7.59. The summed E-state index contributed by atoms with van der Waals surface area (Å²) in [5.74, 6) is 2.05. The van der Waals surface area contributed by atoms with Crippen molar-refractivity contribution >= 4 is 28.6 Å². The minimum atomic E-state index is -0.843. The first-order valence-electron chi connectivity index (χ1n) is 14.9. The van der Waals surface area contributed by atoms with Gasteiger partial charge in [0.25, 0.3) is 0 Å². The normalized spacial score (nSPS) is 45.4. The molecule has 4 fully saturated rings. The molecule has 38 heavy (non-hydrogen) atoms. The van der Waals surface area contributed by atoms with Gasteiger partial charge in [-0.05, 0) is 150 Å². The molecule has 0 aromatic heterocycles. The lowest BCUT2D eigenvalue weighted by Gasteiger charge is -2.69. The Hall–Kier alpha value is -0.820. The summed E-state index contributed by atoms with van der Waals surface area (Å²) in [4.78, 5) is 12.8. The number of rotatable bonds is 6. The molecule has 214 valence electrons. The van der Waals surface area contributed by atoms with Crippen molar-refractivity contribution < 1.29 is 19.7 Å². The number of carbonyl (C=O) groups is 1. The highest BCUT2D eigenvalue weighted by molar-refractivity contribution is 14.1. The van der Waals surface area contributed by atoms with Gasteiger partial charge in [0, 0.05) is 5.57 Å². The summed E-state index contributed by atoms with van der Waals surface area (Å²) in [5.41, 5.74) is 2.54. The number of carboxylic acid groups (broad SMARTS) is 1. The minimum absolute atomic E-state index is 0.00125. The third kappa shape index (κ3) is 4.63. The molecule has 10 atom stereocenters. The van der Waals surface area contributed by atoms with Crippen molar-refractivity contribution in [1.29, 1.82) is 0 Å². The molecule has 0 heterocycles. The lowest BCUT2D eigenvalue weighted by Crippen LogP contribution is -2.65. The van der Waals surface area contributed by atoms with Gasteiger partial charge < -0.3 is 14.9 Å². The van der Waals surface area contributed by atoms with Crippen LogP contribution in [0.4, 0.5) is 0 Å². The maximum atomic E-state index is 12.8. The molecule has 4 nitrogen and oxygen atoms in total. The Labute approximate surface area is 244 Å². The van der Waals surface area contributed by atoms with Crippen molar-refractivity contribution in [3.05, 3.63) is 32.6 Å². The first kappa shape index (κ1) is 30.1. The Bertz CT molecular complexity index is 1040. The fraction of sp³-hybridized carbons (Fsp3) is 0.788. The van der Waals surface area contributed by atoms with Gasteiger partial charge in [0.15, 0.2) is 0 Å². The van der Waals surface area contributed by atoms with Crippen molar-refractivity contribution in [2.45, 2.75) is 119 Å². The van der Waals surface area contributed by atoms with Gasteiger partial charge >= 0.3 is 5.97 Å². The van der Waals surface area contributed by atoms with Gasteiger partial charge in [-0.1, -0.05) is 46.8 Å².